The molecule has 0 saturated heterocycles. The van der Waals surface area contributed by atoms with Crippen molar-refractivity contribution in [3.8, 4) is 0 Å². The first-order chi connectivity index (χ1) is 10.0. The largest absolute Gasteiger partial charge is 0.370 e. The molecule has 1 aromatic rings. The number of halogens is 2. The van der Waals surface area contributed by atoms with Crippen molar-refractivity contribution in [2.45, 2.75) is 38.1 Å². The lowest BCUT2D eigenvalue weighted by atomic mass is 9.96. The number of nitrogens with two attached hydrogens (primary N) is 2. The van der Waals surface area contributed by atoms with Crippen LogP contribution in [0.1, 0.15) is 32.1 Å². The van der Waals surface area contributed by atoms with Gasteiger partial charge in [-0.1, -0.05) is 48.5 Å². The smallest absolute Gasteiger partial charge is 0.235 e. The van der Waals surface area contributed by atoms with Crippen molar-refractivity contribution in [2.75, 3.05) is 0 Å². The molecule has 0 spiro atoms. The third-order valence-electron chi connectivity index (χ3n) is 2.99. The van der Waals surface area contributed by atoms with Gasteiger partial charge < -0.3 is 11.5 Å². The number of guanidine groups is 1. The van der Waals surface area contributed by atoms with Gasteiger partial charge in [-0.2, -0.15) is 0 Å². The van der Waals surface area contributed by atoms with E-state index in [4.69, 9.17) is 34.7 Å². The third-order valence-corrected chi connectivity index (χ3v) is 3.60. The molecule has 0 atom stereocenters. The van der Waals surface area contributed by atoms with E-state index in [-0.39, 0.29) is 5.96 Å². The van der Waals surface area contributed by atoms with E-state index < -0.39 is 0 Å². The van der Waals surface area contributed by atoms with Gasteiger partial charge in [-0.15, -0.1) is 0 Å². The van der Waals surface area contributed by atoms with Crippen LogP contribution in [-0.2, 0) is 4.79 Å². The van der Waals surface area contributed by atoms with E-state index in [1.807, 2.05) is 0 Å². The lowest BCUT2D eigenvalue weighted by Gasteiger charge is -2.14. The Bertz CT molecular complexity index is 512. The summed E-state index contributed by atoms with van der Waals surface area (Å²) < 4.78 is 0. The normalized spacial score (nSPS) is 14.4. The minimum Gasteiger partial charge on any atom is -0.370 e. The molecule has 0 radical (unpaired) electrons. The molecular formula is C14H18Cl2N4O. The van der Waals surface area contributed by atoms with E-state index in [1.54, 1.807) is 24.3 Å². The maximum Gasteiger partial charge on any atom is 0.235 e. The SMILES string of the molecule is NC(N)=Nc1c(Cl)cccc1Cl.O=C=NC1CCCCC1. The standard InChI is InChI=1S/C7H7Cl2N3.C7H11NO/c8-4-2-1-3-5(9)6(4)12-7(10)11;9-6-8-7-4-2-1-3-5-7/h1-3H,(H4,10,11,12);7H,1-5H2. The number of aliphatic imine (C=N–C) groups is 2. The average Bonchev–Trinajstić information content (AvgIpc) is 2.45. The van der Waals surface area contributed by atoms with Crippen LogP contribution in [0, 0.1) is 0 Å². The van der Waals surface area contributed by atoms with E-state index in [1.165, 1.54) is 19.3 Å². The topological polar surface area (TPSA) is 93.8 Å². The number of nitrogens with zero attached hydrogens (tertiary/aromatic N) is 2. The van der Waals surface area contributed by atoms with Gasteiger partial charge in [-0.3, -0.25) is 0 Å². The number of carbonyl (C=O) groups excluding carboxylic acids is 1. The highest BCUT2D eigenvalue weighted by Crippen LogP contribution is 2.32. The molecule has 114 valence electrons. The van der Waals surface area contributed by atoms with Crippen molar-refractivity contribution in [1.29, 1.82) is 0 Å². The molecule has 1 fully saturated rings. The molecule has 0 bridgehead atoms. The van der Waals surface area contributed by atoms with Crippen LogP contribution in [0.2, 0.25) is 10.0 Å². The molecule has 2 rings (SSSR count). The van der Waals surface area contributed by atoms with Crippen molar-refractivity contribution < 1.29 is 4.79 Å². The Balaban J connectivity index is 0.000000219. The molecule has 1 aromatic carbocycles. The predicted molar refractivity (Wildman–Crippen MR) is 86.9 cm³/mol. The van der Waals surface area contributed by atoms with Crippen molar-refractivity contribution in [3.05, 3.63) is 28.2 Å². The number of benzene rings is 1. The second-order valence-corrected chi connectivity index (χ2v) is 5.43. The van der Waals surface area contributed by atoms with E-state index >= 15 is 0 Å². The molecule has 0 aliphatic heterocycles. The third kappa shape index (κ3) is 6.63. The molecule has 4 N–H and O–H groups in total. The monoisotopic (exact) mass is 328 g/mol. The zero-order valence-electron chi connectivity index (χ0n) is 11.6. The van der Waals surface area contributed by atoms with E-state index in [0.29, 0.717) is 21.8 Å². The van der Waals surface area contributed by atoms with Crippen LogP contribution in [-0.4, -0.2) is 18.1 Å². The molecule has 0 amide bonds. The fourth-order valence-electron chi connectivity index (χ4n) is 2.01. The molecule has 1 saturated carbocycles. The Morgan fingerprint density at radius 1 is 1.14 bits per heavy atom. The molecule has 1 aliphatic rings. The summed E-state index contributed by atoms with van der Waals surface area (Å²) in [5, 5.41) is 0.854. The Morgan fingerprint density at radius 3 is 2.19 bits per heavy atom. The van der Waals surface area contributed by atoms with Gasteiger partial charge in [-0.25, -0.2) is 14.8 Å². The first-order valence-corrected chi connectivity index (χ1v) is 7.40. The summed E-state index contributed by atoms with van der Waals surface area (Å²) in [7, 11) is 0. The van der Waals surface area contributed by atoms with E-state index in [9.17, 15) is 4.79 Å². The lowest BCUT2D eigenvalue weighted by molar-refractivity contribution is 0.439. The first kappa shape index (κ1) is 17.5. The molecule has 7 heteroatoms. The molecule has 5 nitrogen and oxygen atoms in total. The van der Waals surface area contributed by atoms with Gasteiger partial charge >= 0.3 is 0 Å². The van der Waals surface area contributed by atoms with Crippen LogP contribution in [0.5, 0.6) is 0 Å². The summed E-state index contributed by atoms with van der Waals surface area (Å²) in [5.41, 5.74) is 10.7. The van der Waals surface area contributed by atoms with E-state index in [2.05, 4.69) is 9.98 Å². The number of hydrogen-bond acceptors (Lipinski definition) is 3. The van der Waals surface area contributed by atoms with Crippen LogP contribution < -0.4 is 11.5 Å². The Hall–Kier alpha value is -1.55. The highest BCUT2D eigenvalue weighted by Gasteiger charge is 2.10. The molecular weight excluding hydrogens is 311 g/mol. The maximum absolute atomic E-state index is 9.78. The molecule has 0 aromatic heterocycles. The van der Waals surface area contributed by atoms with Crippen molar-refractivity contribution >= 4 is 40.9 Å². The number of hydrogen-bond donors (Lipinski definition) is 2. The Kier molecular flexibility index (Phi) is 7.83. The number of para-hydroxylation sites is 1. The zero-order valence-corrected chi connectivity index (χ0v) is 13.1. The highest BCUT2D eigenvalue weighted by atomic mass is 35.5. The van der Waals surface area contributed by atoms with Crippen LogP contribution in [0.3, 0.4) is 0 Å². The van der Waals surface area contributed by atoms with Gasteiger partial charge in [-0.05, 0) is 25.0 Å². The van der Waals surface area contributed by atoms with Gasteiger partial charge in [0, 0.05) is 0 Å². The summed E-state index contributed by atoms with van der Waals surface area (Å²) in [6, 6.07) is 5.34. The maximum atomic E-state index is 9.78. The van der Waals surface area contributed by atoms with Gasteiger partial charge in [0.25, 0.3) is 0 Å². The molecule has 0 heterocycles. The van der Waals surface area contributed by atoms with Crippen LogP contribution in [0.25, 0.3) is 0 Å². The van der Waals surface area contributed by atoms with Crippen LogP contribution in [0.15, 0.2) is 28.2 Å². The van der Waals surface area contributed by atoms with Crippen molar-refractivity contribution in [2.24, 2.45) is 21.5 Å². The average molecular weight is 329 g/mol. The molecule has 21 heavy (non-hydrogen) atoms. The van der Waals surface area contributed by atoms with E-state index in [0.717, 1.165) is 12.8 Å². The molecule has 0 unspecified atom stereocenters. The van der Waals surface area contributed by atoms with Crippen molar-refractivity contribution in [3.63, 3.8) is 0 Å². The minimum absolute atomic E-state index is 0.0648. The summed E-state index contributed by atoms with van der Waals surface area (Å²) in [5.74, 6) is -0.0648. The second-order valence-electron chi connectivity index (χ2n) is 4.62. The predicted octanol–water partition coefficient (Wildman–Crippen LogP) is 3.55. The summed E-state index contributed by atoms with van der Waals surface area (Å²) >= 11 is 11.5. The Morgan fingerprint density at radius 2 is 1.71 bits per heavy atom. The zero-order chi connectivity index (χ0) is 15.7. The van der Waals surface area contributed by atoms with Crippen LogP contribution >= 0.6 is 23.2 Å². The number of isocyanates is 1. The first-order valence-electron chi connectivity index (χ1n) is 6.65. The molecule has 1 aliphatic carbocycles. The van der Waals surface area contributed by atoms with Crippen molar-refractivity contribution in [1.82, 2.24) is 0 Å². The summed E-state index contributed by atoms with van der Waals surface area (Å²) in [6.07, 6.45) is 7.57. The fraction of sp³-hybridized carbons (Fsp3) is 0.429. The van der Waals surface area contributed by atoms with Gasteiger partial charge in [0.2, 0.25) is 6.08 Å². The van der Waals surface area contributed by atoms with Gasteiger partial charge in [0.05, 0.1) is 16.1 Å². The minimum atomic E-state index is -0.0648. The fourth-order valence-corrected chi connectivity index (χ4v) is 2.49. The summed E-state index contributed by atoms with van der Waals surface area (Å²) in [6.45, 7) is 0. The second kappa shape index (κ2) is 9.40. The lowest BCUT2D eigenvalue weighted by Crippen LogP contribution is -2.21. The van der Waals surface area contributed by atoms with Gasteiger partial charge in [0.15, 0.2) is 5.96 Å². The number of rotatable bonds is 2. The van der Waals surface area contributed by atoms with Gasteiger partial charge in [0.1, 0.15) is 5.69 Å². The van der Waals surface area contributed by atoms with Crippen LogP contribution in [0.4, 0.5) is 5.69 Å². The summed E-state index contributed by atoms with van der Waals surface area (Å²) in [4.78, 5) is 17.2. The Labute approximate surface area is 134 Å². The highest BCUT2D eigenvalue weighted by molar-refractivity contribution is 6.38. The quantitative estimate of drug-likeness (QED) is 0.493.